The molecule has 0 aromatic carbocycles. The Morgan fingerprint density at radius 3 is 0.716 bits per heavy atom. The van der Waals surface area contributed by atoms with E-state index in [2.05, 4.69) is 0 Å². The highest BCUT2D eigenvalue weighted by atomic mass is 16.8. The van der Waals surface area contributed by atoms with E-state index < -0.39 is 224 Å². The molecule has 22 fully saturated rings. The van der Waals surface area contributed by atoms with Gasteiger partial charge in [-0.05, 0) is 0 Å². The van der Waals surface area contributed by atoms with Crippen LogP contribution >= 0.6 is 0 Å². The minimum atomic E-state index is -2.13. The molecular weight excluding hydrogens is 924 g/mol. The molecule has 22 aliphatic rings. The van der Waals surface area contributed by atoms with Gasteiger partial charge in [0.25, 0.3) is 0 Å². The molecule has 0 aromatic rings. The molecule has 0 spiro atoms. The fourth-order valence-corrected chi connectivity index (χ4v) is 8.93. The van der Waals surface area contributed by atoms with E-state index in [4.69, 9.17) is 61.9 Å². The van der Waals surface area contributed by atoms with E-state index in [1.165, 1.54) is 0 Å². The third-order valence-electron chi connectivity index (χ3n) is 12.6. The van der Waals surface area contributed by atoms with Crippen molar-refractivity contribution in [2.24, 2.45) is 0 Å². The molecule has 18 N–H and O–H groups in total. The van der Waals surface area contributed by atoms with Crippen molar-refractivity contribution in [3.63, 3.8) is 0 Å². The standard InChI is InChI=1S/C36H60O29.CH4O/c37-2-9-26-8(43)1-15(54-9)60-27-10(3-38)55-33(21(49)16(27)44)62-29-12(5-40)57-35(23(51)18(29)46)64-31-14(7-42)59-36(25(53)20(31)48)65-30-13(6-41)58-34(24(52)19(30)47)63-28-11(4-39)56-32(61-26)22(50)17(28)45;1-2/h8-53H,1-7H2;2H,1H3/t8?,9?,10?,11?,12?,13?,14?,15-,16?,17?,18-,19?,20?,21+,22+,23?,24+,25+,26+,27-,28-,29-,30-,31-,32-,33-,34-,35-,36-;/m1./s1. The first-order valence-corrected chi connectivity index (χ1v) is 21.4. The van der Waals surface area contributed by atoms with E-state index in [0.717, 1.165) is 7.11 Å². The molecule has 0 aromatic heterocycles. The maximum absolute atomic E-state index is 11.2. The summed E-state index contributed by atoms with van der Waals surface area (Å²) < 4.78 is 68.4. The van der Waals surface area contributed by atoms with Gasteiger partial charge < -0.3 is 149 Å². The molecule has 30 heteroatoms. The van der Waals surface area contributed by atoms with Crippen LogP contribution in [-0.4, -0.2) is 317 Å². The molecule has 0 radical (unpaired) electrons. The highest BCUT2D eigenvalue weighted by Crippen LogP contribution is 2.38. The molecule has 29 atom stereocenters. The van der Waals surface area contributed by atoms with E-state index in [1.54, 1.807) is 0 Å². The van der Waals surface area contributed by atoms with Gasteiger partial charge in [0.15, 0.2) is 37.7 Å². The summed E-state index contributed by atoms with van der Waals surface area (Å²) in [5.74, 6) is 0. The van der Waals surface area contributed by atoms with Crippen LogP contribution in [-0.2, 0) is 56.8 Å². The Morgan fingerprint density at radius 2 is 0.478 bits per heavy atom. The first kappa shape index (κ1) is 55.1. The molecule has 22 rings (SSSR count). The van der Waals surface area contributed by atoms with Crippen molar-refractivity contribution in [3.05, 3.63) is 0 Å². The normalized spacial score (nSPS) is 53.3. The topological polar surface area (TPSA) is 475 Å². The van der Waals surface area contributed by atoms with Crippen molar-refractivity contribution in [3.8, 4) is 0 Å². The lowest BCUT2D eigenvalue weighted by atomic mass is 9.95. The number of hydrogen-bond donors (Lipinski definition) is 18. The average Bonchev–Trinajstić information content (AvgIpc) is 3.33. The molecule has 22 aliphatic heterocycles. The van der Waals surface area contributed by atoms with Crippen molar-refractivity contribution >= 4 is 0 Å². The molecule has 0 saturated carbocycles. The maximum Gasteiger partial charge on any atom is 0.187 e. The summed E-state index contributed by atoms with van der Waals surface area (Å²) in [5.41, 5.74) is 0. The van der Waals surface area contributed by atoms with Gasteiger partial charge in [-0.1, -0.05) is 0 Å². The van der Waals surface area contributed by atoms with Gasteiger partial charge in [-0.3, -0.25) is 0 Å². The minimum absolute atomic E-state index is 0.497. The van der Waals surface area contributed by atoms with E-state index in [0.29, 0.717) is 0 Å². The number of hydrogen-bond acceptors (Lipinski definition) is 30. The molecule has 30 nitrogen and oxygen atoms in total. The zero-order valence-electron chi connectivity index (χ0n) is 35.6. The third kappa shape index (κ3) is 11.2. The van der Waals surface area contributed by atoms with Gasteiger partial charge in [-0.25, -0.2) is 0 Å². The summed E-state index contributed by atoms with van der Waals surface area (Å²) in [6.07, 6.45) is -54.0. The number of ether oxygens (including phenoxy) is 12. The lowest BCUT2D eigenvalue weighted by Crippen LogP contribution is -2.68. The van der Waals surface area contributed by atoms with Gasteiger partial charge in [-0.2, -0.15) is 0 Å². The van der Waals surface area contributed by atoms with Crippen molar-refractivity contribution in [2.75, 3.05) is 46.8 Å². The Bertz CT molecular complexity index is 1480. The van der Waals surface area contributed by atoms with Gasteiger partial charge in [-0.15, -0.1) is 0 Å². The van der Waals surface area contributed by atoms with Crippen LogP contribution in [0.4, 0.5) is 0 Å². The summed E-state index contributed by atoms with van der Waals surface area (Å²) >= 11 is 0. The van der Waals surface area contributed by atoms with Gasteiger partial charge in [0.1, 0.15) is 134 Å². The summed E-state index contributed by atoms with van der Waals surface area (Å²) in [6, 6.07) is 0. The number of aliphatic hydroxyl groups is 18. The highest BCUT2D eigenvalue weighted by molar-refractivity contribution is 5.00. The lowest BCUT2D eigenvalue weighted by Gasteiger charge is -2.50. The van der Waals surface area contributed by atoms with Gasteiger partial charge in [0.2, 0.25) is 0 Å². The first-order valence-electron chi connectivity index (χ1n) is 21.4. The maximum atomic E-state index is 11.2. The Hall–Kier alpha value is -1.20. The van der Waals surface area contributed by atoms with Crippen molar-refractivity contribution in [1.82, 2.24) is 0 Å². The van der Waals surface area contributed by atoms with Crippen LogP contribution in [0.1, 0.15) is 6.42 Å². The SMILES string of the molecule is CO.OCC1O[C@@H]2O[C@@H]3C(CO)O[C@H](O[C@@H]4C(CO)O[C@H](O[C@H]5C(O)C[C@H](OC5CO)O[C@@H]5C(CO)O[C@H](O[C@@H]6C(CO)O[C@H](O[C@H]1C(O)[C@@H]2O)C(O)[C@H]6O)[C@@H](O)C5O)[C@@H](O)C4O)[C@@H](O)C3O. The largest absolute Gasteiger partial charge is 0.400 e. The highest BCUT2D eigenvalue weighted by Gasteiger charge is 2.58. The quantitative estimate of drug-likeness (QED) is 0.117. The zero-order chi connectivity index (χ0) is 49.2. The number of rotatable bonds is 6. The summed E-state index contributed by atoms with van der Waals surface area (Å²) in [4.78, 5) is 0. The fraction of sp³-hybridized carbons (Fsp3) is 1.00. The van der Waals surface area contributed by atoms with Crippen LogP contribution in [0, 0.1) is 0 Å². The van der Waals surface area contributed by atoms with Crippen LogP contribution in [0.2, 0.25) is 0 Å². The summed E-state index contributed by atoms with van der Waals surface area (Å²) in [7, 11) is 1.00. The van der Waals surface area contributed by atoms with Gasteiger partial charge >= 0.3 is 0 Å². The molecule has 22 heterocycles. The summed E-state index contributed by atoms with van der Waals surface area (Å²) in [6.45, 7) is -5.67. The molecule has 392 valence electrons. The van der Waals surface area contributed by atoms with Crippen molar-refractivity contribution in [2.45, 2.75) is 185 Å². The van der Waals surface area contributed by atoms with Gasteiger partial charge in [0, 0.05) is 13.5 Å². The molecule has 12 unspecified atom stereocenters. The molecule has 0 amide bonds. The molecular formula is C37H64O30. The van der Waals surface area contributed by atoms with Crippen LogP contribution in [0.15, 0.2) is 0 Å². The Labute approximate surface area is 380 Å². The van der Waals surface area contributed by atoms with Crippen molar-refractivity contribution < 1.29 is 149 Å². The molecule has 67 heavy (non-hydrogen) atoms. The third-order valence-corrected chi connectivity index (χ3v) is 12.6. The Balaban J connectivity index is 0.00000365. The van der Waals surface area contributed by atoms with Crippen LogP contribution in [0.3, 0.4) is 0 Å². The molecule has 12 bridgehead atoms. The smallest absolute Gasteiger partial charge is 0.187 e. The van der Waals surface area contributed by atoms with Crippen LogP contribution < -0.4 is 0 Å². The second-order valence-electron chi connectivity index (χ2n) is 16.7. The molecule has 0 aliphatic carbocycles. The monoisotopic (exact) mass is 988 g/mol. The second kappa shape index (κ2) is 24.0. The zero-order valence-corrected chi connectivity index (χ0v) is 35.6. The molecule has 22 saturated heterocycles. The van der Waals surface area contributed by atoms with E-state index in [1.807, 2.05) is 0 Å². The predicted octanol–water partition coefficient (Wildman–Crippen LogP) is -12.4. The lowest BCUT2D eigenvalue weighted by molar-refractivity contribution is -0.400. The van der Waals surface area contributed by atoms with Crippen LogP contribution in [0.25, 0.3) is 0 Å². The van der Waals surface area contributed by atoms with E-state index >= 15 is 0 Å². The van der Waals surface area contributed by atoms with Crippen molar-refractivity contribution in [1.29, 1.82) is 0 Å². The predicted molar refractivity (Wildman–Crippen MR) is 203 cm³/mol. The summed E-state index contributed by atoms with van der Waals surface area (Å²) in [5, 5.41) is 191. The fourth-order valence-electron chi connectivity index (χ4n) is 8.93. The van der Waals surface area contributed by atoms with Gasteiger partial charge in [0.05, 0.1) is 45.7 Å². The Kier molecular flexibility index (Phi) is 19.8. The minimum Gasteiger partial charge on any atom is -0.400 e. The van der Waals surface area contributed by atoms with E-state index in [-0.39, 0.29) is 0 Å². The number of aliphatic hydroxyl groups excluding tert-OH is 18. The first-order chi connectivity index (χ1) is 32.0. The average molecular weight is 989 g/mol. The van der Waals surface area contributed by atoms with Crippen LogP contribution in [0.5, 0.6) is 0 Å². The Morgan fingerprint density at radius 1 is 0.269 bits per heavy atom. The second-order valence-corrected chi connectivity index (χ2v) is 16.7. The van der Waals surface area contributed by atoms with E-state index in [9.17, 15) is 86.8 Å².